The molecule has 0 radical (unpaired) electrons. The second-order valence-corrected chi connectivity index (χ2v) is 9.94. The maximum atomic E-state index is 5.93. The van der Waals surface area contributed by atoms with Crippen molar-refractivity contribution in [1.82, 2.24) is 19.7 Å². The molecule has 1 unspecified atom stereocenters. The van der Waals surface area contributed by atoms with Crippen LogP contribution < -0.4 is 4.90 Å². The zero-order valence-corrected chi connectivity index (χ0v) is 19.7. The molecule has 2 aliphatic heterocycles. The van der Waals surface area contributed by atoms with Crippen molar-refractivity contribution in [3.05, 3.63) is 41.8 Å². The van der Waals surface area contributed by atoms with Crippen molar-refractivity contribution in [3.8, 4) is 11.5 Å². The Morgan fingerprint density at radius 1 is 1.09 bits per heavy atom. The number of aromatic nitrogens is 4. The van der Waals surface area contributed by atoms with Crippen molar-refractivity contribution < 1.29 is 9.15 Å². The van der Waals surface area contributed by atoms with Crippen LogP contribution in [0.5, 0.6) is 0 Å². The van der Waals surface area contributed by atoms with Gasteiger partial charge in [0.1, 0.15) is 6.26 Å². The first-order chi connectivity index (χ1) is 15.7. The first-order valence-electron chi connectivity index (χ1n) is 11.6. The molecule has 2 saturated heterocycles. The molecule has 2 aliphatic rings. The first-order valence-corrected chi connectivity index (χ1v) is 12.6. The van der Waals surface area contributed by atoms with Crippen LogP contribution in [-0.4, -0.2) is 45.5 Å². The third-order valence-electron chi connectivity index (χ3n) is 6.37. The fourth-order valence-electron chi connectivity index (χ4n) is 4.32. The van der Waals surface area contributed by atoms with Crippen molar-refractivity contribution in [2.24, 2.45) is 5.92 Å². The summed E-state index contributed by atoms with van der Waals surface area (Å²) in [4.78, 5) is 7.07. The molecular weight excluding hydrogens is 422 g/mol. The van der Waals surface area contributed by atoms with Crippen molar-refractivity contribution in [2.75, 3.05) is 24.6 Å². The van der Waals surface area contributed by atoms with E-state index in [-0.39, 0.29) is 6.10 Å². The zero-order chi connectivity index (χ0) is 21.9. The van der Waals surface area contributed by atoms with Gasteiger partial charge in [-0.2, -0.15) is 0 Å². The SMILES string of the molecule is Cc1ccc(-c2nc(CSc3nnc(N4CCC(C)CC4)n3CC3CCCO3)co2)cc1. The fourth-order valence-corrected chi connectivity index (χ4v) is 5.14. The smallest absolute Gasteiger partial charge is 0.228 e. The molecule has 3 aromatic rings. The summed E-state index contributed by atoms with van der Waals surface area (Å²) in [6.07, 6.45) is 6.63. The Hall–Kier alpha value is -2.32. The van der Waals surface area contributed by atoms with Gasteiger partial charge in [-0.3, -0.25) is 4.57 Å². The van der Waals surface area contributed by atoms with Gasteiger partial charge in [-0.1, -0.05) is 36.4 Å². The number of hydrogen-bond acceptors (Lipinski definition) is 7. The van der Waals surface area contributed by atoms with Gasteiger partial charge in [0.2, 0.25) is 11.8 Å². The summed E-state index contributed by atoms with van der Waals surface area (Å²) < 4.78 is 13.9. The molecule has 1 aromatic carbocycles. The minimum absolute atomic E-state index is 0.244. The minimum atomic E-state index is 0.244. The Morgan fingerprint density at radius 3 is 2.66 bits per heavy atom. The van der Waals surface area contributed by atoms with Gasteiger partial charge in [-0.05, 0) is 50.7 Å². The van der Waals surface area contributed by atoms with Gasteiger partial charge < -0.3 is 14.1 Å². The van der Waals surface area contributed by atoms with Crippen LogP contribution in [0.3, 0.4) is 0 Å². The highest BCUT2D eigenvalue weighted by Crippen LogP contribution is 2.30. The predicted octanol–water partition coefficient (Wildman–Crippen LogP) is 4.95. The lowest BCUT2D eigenvalue weighted by Gasteiger charge is -2.31. The van der Waals surface area contributed by atoms with E-state index in [2.05, 4.69) is 50.6 Å². The normalized spacial score (nSPS) is 19.7. The van der Waals surface area contributed by atoms with E-state index in [1.807, 2.05) is 12.1 Å². The molecule has 1 atom stereocenters. The fraction of sp³-hybridized carbons (Fsp3) is 0.542. The summed E-state index contributed by atoms with van der Waals surface area (Å²) in [6, 6.07) is 8.24. The monoisotopic (exact) mass is 453 g/mol. The van der Waals surface area contributed by atoms with Crippen LogP contribution >= 0.6 is 11.8 Å². The Labute approximate surface area is 193 Å². The third kappa shape index (κ3) is 4.86. The maximum absolute atomic E-state index is 5.93. The molecule has 0 aliphatic carbocycles. The lowest BCUT2D eigenvalue weighted by atomic mass is 10.00. The third-order valence-corrected chi connectivity index (χ3v) is 7.37. The number of ether oxygens (including phenoxy) is 1. The van der Waals surface area contributed by atoms with Crippen molar-refractivity contribution in [2.45, 2.75) is 63.1 Å². The molecule has 0 spiro atoms. The number of hydrogen-bond donors (Lipinski definition) is 0. The van der Waals surface area contributed by atoms with Crippen LogP contribution in [0.2, 0.25) is 0 Å². The van der Waals surface area contributed by atoms with Crippen LogP contribution in [0.4, 0.5) is 5.95 Å². The average Bonchev–Trinajstić information content (AvgIpc) is 3.56. The Morgan fingerprint density at radius 2 is 1.91 bits per heavy atom. The number of thioether (sulfide) groups is 1. The molecule has 8 heteroatoms. The quantitative estimate of drug-likeness (QED) is 0.469. The van der Waals surface area contributed by atoms with Gasteiger partial charge in [0, 0.05) is 31.0 Å². The summed E-state index contributed by atoms with van der Waals surface area (Å²) in [6.45, 7) is 8.15. The molecule has 2 aromatic heterocycles. The van der Waals surface area contributed by atoms with E-state index in [1.54, 1.807) is 18.0 Å². The van der Waals surface area contributed by atoms with E-state index >= 15 is 0 Å². The van der Waals surface area contributed by atoms with Crippen molar-refractivity contribution in [1.29, 1.82) is 0 Å². The second kappa shape index (κ2) is 9.67. The van der Waals surface area contributed by atoms with Crippen molar-refractivity contribution in [3.63, 3.8) is 0 Å². The number of aryl methyl sites for hydroxylation is 1. The van der Waals surface area contributed by atoms with Gasteiger partial charge >= 0.3 is 0 Å². The van der Waals surface area contributed by atoms with Crippen LogP contribution in [0, 0.1) is 12.8 Å². The first kappa shape index (κ1) is 21.5. The molecule has 0 saturated carbocycles. The van der Waals surface area contributed by atoms with Crippen LogP contribution in [-0.2, 0) is 17.0 Å². The van der Waals surface area contributed by atoms with E-state index in [4.69, 9.17) is 9.15 Å². The summed E-state index contributed by atoms with van der Waals surface area (Å²) in [5.41, 5.74) is 3.13. The average molecular weight is 454 g/mol. The van der Waals surface area contributed by atoms with E-state index in [9.17, 15) is 0 Å². The van der Waals surface area contributed by atoms with Crippen LogP contribution in [0.15, 0.2) is 40.1 Å². The number of piperidine rings is 1. The lowest BCUT2D eigenvalue weighted by molar-refractivity contribution is 0.0951. The molecule has 4 heterocycles. The number of oxazole rings is 1. The van der Waals surface area contributed by atoms with Gasteiger partial charge in [0.25, 0.3) is 0 Å². The highest BCUT2D eigenvalue weighted by atomic mass is 32.2. The Balaban J connectivity index is 1.31. The molecule has 170 valence electrons. The summed E-state index contributed by atoms with van der Waals surface area (Å²) in [5.74, 6) is 3.11. The van der Waals surface area contributed by atoms with Gasteiger partial charge in [0.15, 0.2) is 5.16 Å². The van der Waals surface area contributed by atoms with Gasteiger partial charge in [-0.25, -0.2) is 4.98 Å². The number of benzene rings is 1. The van der Waals surface area contributed by atoms with Gasteiger partial charge in [-0.15, -0.1) is 10.2 Å². The predicted molar refractivity (Wildman–Crippen MR) is 126 cm³/mol. The second-order valence-electron chi connectivity index (χ2n) is 9.00. The van der Waals surface area contributed by atoms with Crippen LogP contribution in [0.1, 0.15) is 43.9 Å². The molecular formula is C24H31N5O2S. The van der Waals surface area contributed by atoms with E-state index in [0.717, 1.165) is 67.4 Å². The summed E-state index contributed by atoms with van der Waals surface area (Å²) >= 11 is 1.66. The molecule has 0 bridgehead atoms. The highest BCUT2D eigenvalue weighted by molar-refractivity contribution is 7.98. The minimum Gasteiger partial charge on any atom is -0.444 e. The Bertz CT molecular complexity index is 1020. The largest absolute Gasteiger partial charge is 0.444 e. The van der Waals surface area contributed by atoms with E-state index < -0.39 is 0 Å². The molecule has 0 N–H and O–H groups in total. The number of rotatable bonds is 7. The zero-order valence-electron chi connectivity index (χ0n) is 18.9. The topological polar surface area (TPSA) is 69.2 Å². The number of anilines is 1. The highest BCUT2D eigenvalue weighted by Gasteiger charge is 2.26. The molecule has 0 amide bonds. The van der Waals surface area contributed by atoms with E-state index in [1.165, 1.54) is 18.4 Å². The summed E-state index contributed by atoms with van der Waals surface area (Å²) in [7, 11) is 0. The van der Waals surface area contributed by atoms with E-state index in [0.29, 0.717) is 11.6 Å². The summed E-state index contributed by atoms with van der Waals surface area (Å²) in [5, 5.41) is 10.1. The molecule has 5 rings (SSSR count). The van der Waals surface area contributed by atoms with Gasteiger partial charge in [0.05, 0.1) is 18.3 Å². The molecule has 32 heavy (non-hydrogen) atoms. The lowest BCUT2D eigenvalue weighted by Crippen LogP contribution is -2.35. The standard InChI is InChI=1S/C24H31N5O2S/c1-17-5-7-19(8-6-17)22-25-20(15-31-22)16-32-24-27-26-23(28-11-9-18(2)10-12-28)29(24)14-21-4-3-13-30-21/h5-8,15,18,21H,3-4,9-14,16H2,1-2H3. The molecule has 7 nitrogen and oxygen atoms in total. The maximum Gasteiger partial charge on any atom is 0.228 e. The molecule has 2 fully saturated rings. The Kier molecular flexibility index (Phi) is 6.50. The van der Waals surface area contributed by atoms with Crippen molar-refractivity contribution >= 4 is 17.7 Å². The van der Waals surface area contributed by atoms with Crippen LogP contribution in [0.25, 0.3) is 11.5 Å². The number of nitrogens with zero attached hydrogens (tertiary/aromatic N) is 5.